The summed E-state index contributed by atoms with van der Waals surface area (Å²) in [7, 11) is 0. The molecule has 0 N–H and O–H groups in total. The third-order valence-electron chi connectivity index (χ3n) is 11.2. The molecule has 0 saturated heterocycles. The Balaban J connectivity index is 1.07. The van der Waals surface area contributed by atoms with Crippen molar-refractivity contribution in [3.05, 3.63) is 218 Å². The molecule has 0 spiro atoms. The van der Waals surface area contributed by atoms with E-state index in [1.54, 1.807) is 0 Å². The Morgan fingerprint density at radius 2 is 0.877 bits per heavy atom. The molecule has 0 aliphatic carbocycles. The number of hydrogen-bond acceptors (Lipinski definition) is 2. The van der Waals surface area contributed by atoms with Crippen molar-refractivity contribution in [2.24, 2.45) is 0 Å². The van der Waals surface area contributed by atoms with Gasteiger partial charge in [-0.3, -0.25) is 0 Å². The average Bonchev–Trinajstić information content (AvgIpc) is 3.84. The highest BCUT2D eigenvalue weighted by atomic mass is 16.3. The molecule has 11 rings (SSSR count). The highest BCUT2D eigenvalue weighted by molar-refractivity contribution is 6.12. The fourth-order valence-corrected chi connectivity index (χ4v) is 8.56. The van der Waals surface area contributed by atoms with Crippen LogP contribution in [0, 0.1) is 0 Å². The Hall–Kier alpha value is -7.62. The van der Waals surface area contributed by atoms with E-state index < -0.39 is 0 Å². The first-order valence-corrected chi connectivity index (χ1v) is 19.4. The smallest absolute Gasteiger partial charge is 0.136 e. The summed E-state index contributed by atoms with van der Waals surface area (Å²) in [6.45, 7) is 0. The summed E-state index contributed by atoms with van der Waals surface area (Å²) in [6, 6.07) is 78.2. The SMILES string of the molecule is c1ccc(-c2cccc(-c3cccc(N(c4ccc(-c5cccc6oc7ccccc7c56)cc4)c4cccc(-n5c6ccccc6c6ccccc65)c4)c3)c2)cc1. The molecule has 0 fully saturated rings. The van der Waals surface area contributed by atoms with Crippen LogP contribution < -0.4 is 4.90 Å². The van der Waals surface area contributed by atoms with Gasteiger partial charge in [-0.05, 0) is 106 Å². The van der Waals surface area contributed by atoms with Crippen LogP contribution >= 0.6 is 0 Å². The van der Waals surface area contributed by atoms with Crippen LogP contribution in [0.15, 0.2) is 223 Å². The predicted molar refractivity (Wildman–Crippen MR) is 239 cm³/mol. The van der Waals surface area contributed by atoms with E-state index in [2.05, 4.69) is 216 Å². The third-order valence-corrected chi connectivity index (χ3v) is 11.2. The van der Waals surface area contributed by atoms with Crippen molar-refractivity contribution in [2.45, 2.75) is 0 Å². The highest BCUT2D eigenvalue weighted by Gasteiger charge is 2.18. The zero-order valence-electron chi connectivity index (χ0n) is 31.1. The second kappa shape index (κ2) is 13.6. The Kier molecular flexibility index (Phi) is 7.82. The van der Waals surface area contributed by atoms with Crippen LogP contribution in [0.5, 0.6) is 0 Å². The van der Waals surface area contributed by atoms with Crippen LogP contribution in [-0.2, 0) is 0 Å². The van der Waals surface area contributed by atoms with Gasteiger partial charge in [-0.1, -0.05) is 146 Å². The number of anilines is 3. The molecule has 0 bridgehead atoms. The molecule has 0 radical (unpaired) electrons. The van der Waals surface area contributed by atoms with Gasteiger partial charge < -0.3 is 13.9 Å². The van der Waals surface area contributed by atoms with Crippen LogP contribution in [-0.4, -0.2) is 4.57 Å². The first-order chi connectivity index (χ1) is 28.3. The van der Waals surface area contributed by atoms with E-state index in [1.807, 2.05) is 12.1 Å². The Morgan fingerprint density at radius 3 is 1.63 bits per heavy atom. The molecular formula is C54H36N2O. The Morgan fingerprint density at radius 1 is 0.333 bits per heavy atom. The molecule has 0 aliphatic rings. The molecule has 57 heavy (non-hydrogen) atoms. The Bertz CT molecular complexity index is 3190. The summed E-state index contributed by atoms with van der Waals surface area (Å²) in [4.78, 5) is 2.37. The molecule has 2 aromatic heterocycles. The van der Waals surface area contributed by atoms with E-state index in [1.165, 1.54) is 38.5 Å². The lowest BCUT2D eigenvalue weighted by atomic mass is 9.98. The minimum absolute atomic E-state index is 0.898. The summed E-state index contributed by atoms with van der Waals surface area (Å²) >= 11 is 0. The number of furan rings is 1. The zero-order chi connectivity index (χ0) is 37.7. The normalized spacial score (nSPS) is 11.5. The van der Waals surface area contributed by atoms with E-state index in [0.717, 1.165) is 61.4 Å². The van der Waals surface area contributed by atoms with Gasteiger partial charge in [0.15, 0.2) is 0 Å². The summed E-state index contributed by atoms with van der Waals surface area (Å²) in [5.41, 5.74) is 15.5. The summed E-state index contributed by atoms with van der Waals surface area (Å²) in [5.74, 6) is 0. The number of nitrogens with zero attached hydrogens (tertiary/aromatic N) is 2. The van der Waals surface area contributed by atoms with Crippen LogP contribution in [0.2, 0.25) is 0 Å². The van der Waals surface area contributed by atoms with Crippen LogP contribution in [0.25, 0.3) is 82.8 Å². The minimum atomic E-state index is 0.898. The fourth-order valence-electron chi connectivity index (χ4n) is 8.56. The standard InChI is InChI=1S/C54H36N2O/c1-2-14-37(15-3-1)39-16-10-17-40(34-39)41-18-11-19-43(35-41)55(42-32-30-38(31-33-42)46-25-13-29-53-54(46)49-24-6-9-28-52(49)57-53)44-20-12-21-45(36-44)56-50-26-7-4-22-47(50)48-23-5-8-27-51(48)56/h1-36H. The van der Waals surface area contributed by atoms with Crippen molar-refractivity contribution in [1.82, 2.24) is 4.57 Å². The van der Waals surface area contributed by atoms with E-state index in [4.69, 9.17) is 4.42 Å². The van der Waals surface area contributed by atoms with Crippen molar-refractivity contribution >= 4 is 60.8 Å². The molecule has 2 heterocycles. The van der Waals surface area contributed by atoms with Crippen molar-refractivity contribution in [3.63, 3.8) is 0 Å². The monoisotopic (exact) mass is 728 g/mol. The van der Waals surface area contributed by atoms with Gasteiger partial charge in [0.05, 0.1) is 11.0 Å². The van der Waals surface area contributed by atoms with Crippen molar-refractivity contribution in [2.75, 3.05) is 4.90 Å². The van der Waals surface area contributed by atoms with Crippen LogP contribution in [0.1, 0.15) is 0 Å². The maximum Gasteiger partial charge on any atom is 0.136 e. The molecule has 0 atom stereocenters. The topological polar surface area (TPSA) is 21.3 Å². The van der Waals surface area contributed by atoms with E-state index in [-0.39, 0.29) is 0 Å². The molecule has 11 aromatic rings. The highest BCUT2D eigenvalue weighted by Crippen LogP contribution is 2.42. The molecule has 3 nitrogen and oxygen atoms in total. The molecule has 0 saturated carbocycles. The molecule has 268 valence electrons. The van der Waals surface area contributed by atoms with Gasteiger partial charge in [-0.2, -0.15) is 0 Å². The largest absolute Gasteiger partial charge is 0.456 e. The lowest BCUT2D eigenvalue weighted by Gasteiger charge is -2.27. The minimum Gasteiger partial charge on any atom is -0.456 e. The Labute approximate surface area is 330 Å². The summed E-state index contributed by atoms with van der Waals surface area (Å²) in [5, 5.41) is 4.76. The van der Waals surface area contributed by atoms with Crippen LogP contribution in [0.3, 0.4) is 0 Å². The van der Waals surface area contributed by atoms with Crippen molar-refractivity contribution in [1.29, 1.82) is 0 Å². The van der Waals surface area contributed by atoms with Crippen molar-refractivity contribution in [3.8, 4) is 39.1 Å². The fraction of sp³-hybridized carbons (Fsp3) is 0. The van der Waals surface area contributed by atoms with Gasteiger partial charge in [0.2, 0.25) is 0 Å². The number of rotatable bonds is 7. The van der Waals surface area contributed by atoms with E-state index in [0.29, 0.717) is 0 Å². The maximum absolute atomic E-state index is 6.26. The summed E-state index contributed by atoms with van der Waals surface area (Å²) < 4.78 is 8.64. The second-order valence-corrected chi connectivity index (χ2v) is 14.5. The second-order valence-electron chi connectivity index (χ2n) is 14.5. The lowest BCUT2D eigenvalue weighted by Crippen LogP contribution is -2.10. The third kappa shape index (κ3) is 5.68. The number of aromatic nitrogens is 1. The molecule has 0 aliphatic heterocycles. The lowest BCUT2D eigenvalue weighted by molar-refractivity contribution is 0.669. The first kappa shape index (κ1) is 32.8. The quantitative estimate of drug-likeness (QED) is 0.163. The molecule has 9 aromatic carbocycles. The summed E-state index contributed by atoms with van der Waals surface area (Å²) in [6.07, 6.45) is 0. The van der Waals surface area contributed by atoms with Gasteiger partial charge in [-0.15, -0.1) is 0 Å². The average molecular weight is 729 g/mol. The number of fused-ring (bicyclic) bond motifs is 6. The van der Waals surface area contributed by atoms with Crippen molar-refractivity contribution < 1.29 is 4.42 Å². The van der Waals surface area contributed by atoms with Gasteiger partial charge in [0.1, 0.15) is 11.2 Å². The molecule has 0 amide bonds. The number of benzene rings is 9. The van der Waals surface area contributed by atoms with Crippen LogP contribution in [0.4, 0.5) is 17.1 Å². The van der Waals surface area contributed by atoms with Gasteiger partial charge in [0.25, 0.3) is 0 Å². The number of hydrogen-bond donors (Lipinski definition) is 0. The van der Waals surface area contributed by atoms with Gasteiger partial charge in [0, 0.05) is 44.3 Å². The van der Waals surface area contributed by atoms with E-state index >= 15 is 0 Å². The van der Waals surface area contributed by atoms with Gasteiger partial charge >= 0.3 is 0 Å². The molecular weight excluding hydrogens is 693 g/mol. The molecule has 3 heteroatoms. The van der Waals surface area contributed by atoms with E-state index in [9.17, 15) is 0 Å². The maximum atomic E-state index is 6.26. The number of para-hydroxylation sites is 3. The van der Waals surface area contributed by atoms with Gasteiger partial charge in [-0.25, -0.2) is 0 Å². The predicted octanol–water partition coefficient (Wildman–Crippen LogP) is 15.2. The zero-order valence-corrected chi connectivity index (χ0v) is 31.1. The first-order valence-electron chi connectivity index (χ1n) is 19.4. The molecule has 0 unspecified atom stereocenters.